The van der Waals surface area contributed by atoms with Gasteiger partial charge < -0.3 is 9.47 Å². The van der Waals surface area contributed by atoms with Crippen LogP contribution in [0.3, 0.4) is 0 Å². The first-order chi connectivity index (χ1) is 9.19. The van der Waals surface area contributed by atoms with Crippen molar-refractivity contribution < 1.29 is 18.7 Å². The van der Waals surface area contributed by atoms with Crippen molar-refractivity contribution >= 4 is 5.78 Å². The van der Waals surface area contributed by atoms with Gasteiger partial charge in [0.15, 0.2) is 5.78 Å². The van der Waals surface area contributed by atoms with Crippen molar-refractivity contribution in [2.75, 3.05) is 20.3 Å². The van der Waals surface area contributed by atoms with Gasteiger partial charge in [0, 0.05) is 6.61 Å². The molecule has 4 heteroatoms. The number of halogens is 1. The molecule has 0 radical (unpaired) electrons. The van der Waals surface area contributed by atoms with Gasteiger partial charge >= 0.3 is 0 Å². The van der Waals surface area contributed by atoms with Crippen LogP contribution in [0.15, 0.2) is 18.2 Å². The first-order valence-corrected chi connectivity index (χ1v) is 6.63. The monoisotopic (exact) mass is 268 g/mol. The van der Waals surface area contributed by atoms with E-state index < -0.39 is 5.82 Å². The number of carbonyl (C=O) groups is 1. The highest BCUT2D eigenvalue weighted by atomic mass is 19.1. The molecule has 1 rings (SSSR count). The molecule has 0 aliphatic heterocycles. The maximum Gasteiger partial charge on any atom is 0.192 e. The molecule has 0 saturated carbocycles. The Morgan fingerprint density at radius 2 is 2.05 bits per heavy atom. The zero-order chi connectivity index (χ0) is 14.1. The molecule has 0 heterocycles. The van der Waals surface area contributed by atoms with Gasteiger partial charge in [0.05, 0.1) is 12.7 Å². The molecule has 0 amide bonds. The molecule has 0 aromatic heterocycles. The SMILES string of the molecule is CCCCCCOCC(=O)c1cc(F)ccc1OC. The standard InChI is InChI=1S/C15H21FO3/c1-3-4-5-6-9-19-11-14(17)13-10-12(16)7-8-15(13)18-2/h7-8,10H,3-6,9,11H2,1-2H3. The minimum absolute atomic E-state index is 0.0358. The van der Waals surface area contributed by atoms with Crippen LogP contribution in [0.1, 0.15) is 43.0 Å². The average Bonchev–Trinajstić information content (AvgIpc) is 2.42. The van der Waals surface area contributed by atoms with Gasteiger partial charge in [-0.25, -0.2) is 4.39 Å². The van der Waals surface area contributed by atoms with Gasteiger partial charge in [0.2, 0.25) is 0 Å². The van der Waals surface area contributed by atoms with Gasteiger partial charge in [0.25, 0.3) is 0 Å². The van der Waals surface area contributed by atoms with Crippen molar-refractivity contribution in [2.45, 2.75) is 32.6 Å². The van der Waals surface area contributed by atoms with Gasteiger partial charge in [-0.2, -0.15) is 0 Å². The highest BCUT2D eigenvalue weighted by molar-refractivity contribution is 5.99. The van der Waals surface area contributed by atoms with Crippen LogP contribution in [-0.4, -0.2) is 26.1 Å². The van der Waals surface area contributed by atoms with E-state index in [9.17, 15) is 9.18 Å². The molecule has 0 aliphatic rings. The fourth-order valence-electron chi connectivity index (χ4n) is 1.77. The zero-order valence-electron chi connectivity index (χ0n) is 11.6. The molecule has 19 heavy (non-hydrogen) atoms. The van der Waals surface area contributed by atoms with E-state index >= 15 is 0 Å². The number of Topliss-reactive ketones (excluding diaryl/α,β-unsaturated/α-hetero) is 1. The molecule has 1 aromatic rings. The number of carbonyl (C=O) groups excluding carboxylic acids is 1. The fraction of sp³-hybridized carbons (Fsp3) is 0.533. The second-order valence-corrected chi connectivity index (χ2v) is 4.38. The van der Waals surface area contributed by atoms with E-state index in [0.29, 0.717) is 12.4 Å². The van der Waals surface area contributed by atoms with E-state index in [2.05, 4.69) is 6.92 Å². The lowest BCUT2D eigenvalue weighted by Crippen LogP contribution is -2.11. The summed E-state index contributed by atoms with van der Waals surface area (Å²) in [6.07, 6.45) is 4.39. The Morgan fingerprint density at radius 3 is 2.74 bits per heavy atom. The summed E-state index contributed by atoms with van der Waals surface area (Å²) in [5.41, 5.74) is 0.232. The average molecular weight is 268 g/mol. The number of hydrogen-bond donors (Lipinski definition) is 0. The van der Waals surface area contributed by atoms with Crippen LogP contribution < -0.4 is 4.74 Å². The van der Waals surface area contributed by atoms with Crippen LogP contribution in [0.4, 0.5) is 4.39 Å². The van der Waals surface area contributed by atoms with E-state index in [1.165, 1.54) is 38.2 Å². The van der Waals surface area contributed by atoms with Crippen molar-refractivity contribution in [1.82, 2.24) is 0 Å². The van der Waals surface area contributed by atoms with Crippen LogP contribution in [0.5, 0.6) is 5.75 Å². The fourth-order valence-corrected chi connectivity index (χ4v) is 1.77. The van der Waals surface area contributed by atoms with Crippen molar-refractivity contribution in [3.63, 3.8) is 0 Å². The lowest BCUT2D eigenvalue weighted by Gasteiger charge is -2.08. The Morgan fingerprint density at radius 1 is 1.26 bits per heavy atom. The predicted octanol–water partition coefficient (Wildman–Crippen LogP) is 3.61. The molecule has 0 aliphatic carbocycles. The van der Waals surface area contributed by atoms with Crippen LogP contribution in [0, 0.1) is 5.82 Å². The number of hydrogen-bond acceptors (Lipinski definition) is 3. The Labute approximate surface area is 113 Å². The minimum atomic E-state index is -0.452. The van der Waals surface area contributed by atoms with Crippen LogP contribution in [0.25, 0.3) is 0 Å². The van der Waals surface area contributed by atoms with Gasteiger partial charge in [-0.05, 0) is 24.6 Å². The van der Waals surface area contributed by atoms with E-state index in [1.54, 1.807) is 0 Å². The highest BCUT2D eigenvalue weighted by Gasteiger charge is 2.13. The molecule has 3 nitrogen and oxygen atoms in total. The summed E-state index contributed by atoms with van der Waals surface area (Å²) in [5.74, 6) is -0.333. The van der Waals surface area contributed by atoms with Crippen molar-refractivity contribution in [3.05, 3.63) is 29.6 Å². The lowest BCUT2D eigenvalue weighted by atomic mass is 10.1. The van der Waals surface area contributed by atoms with E-state index in [0.717, 1.165) is 12.8 Å². The summed E-state index contributed by atoms with van der Waals surface area (Å²) in [4.78, 5) is 11.9. The summed E-state index contributed by atoms with van der Waals surface area (Å²) in [5, 5.41) is 0. The second kappa shape index (κ2) is 8.64. The van der Waals surface area contributed by atoms with Gasteiger partial charge in [-0.15, -0.1) is 0 Å². The number of benzene rings is 1. The molecular weight excluding hydrogens is 247 g/mol. The first-order valence-electron chi connectivity index (χ1n) is 6.63. The quantitative estimate of drug-likeness (QED) is 0.507. The van der Waals surface area contributed by atoms with E-state index in [-0.39, 0.29) is 18.0 Å². The van der Waals surface area contributed by atoms with E-state index in [1.807, 2.05) is 0 Å². The largest absolute Gasteiger partial charge is 0.496 e. The topological polar surface area (TPSA) is 35.5 Å². The molecular formula is C15H21FO3. The molecule has 106 valence electrons. The van der Waals surface area contributed by atoms with Crippen molar-refractivity contribution in [2.24, 2.45) is 0 Å². The third-order valence-electron chi connectivity index (χ3n) is 2.84. The lowest BCUT2D eigenvalue weighted by molar-refractivity contribution is 0.0749. The van der Waals surface area contributed by atoms with Crippen LogP contribution in [0.2, 0.25) is 0 Å². The van der Waals surface area contributed by atoms with Gasteiger partial charge in [-0.1, -0.05) is 26.2 Å². The third kappa shape index (κ3) is 5.39. The maximum atomic E-state index is 13.1. The maximum absolute atomic E-state index is 13.1. The molecule has 1 aromatic carbocycles. The number of rotatable bonds is 9. The smallest absolute Gasteiger partial charge is 0.192 e. The first kappa shape index (κ1) is 15.6. The normalized spacial score (nSPS) is 10.5. The van der Waals surface area contributed by atoms with Crippen molar-refractivity contribution in [3.8, 4) is 5.75 Å². The summed E-state index contributed by atoms with van der Waals surface area (Å²) < 4.78 is 23.5. The molecule has 0 atom stereocenters. The Hall–Kier alpha value is -1.42. The van der Waals surface area contributed by atoms with Crippen molar-refractivity contribution in [1.29, 1.82) is 0 Å². The number of ether oxygens (including phenoxy) is 2. The number of unbranched alkanes of at least 4 members (excludes halogenated alkanes) is 3. The molecule has 0 N–H and O–H groups in total. The zero-order valence-corrected chi connectivity index (χ0v) is 11.6. The molecule has 0 bridgehead atoms. The number of methoxy groups -OCH3 is 1. The summed E-state index contributed by atoms with van der Waals surface area (Å²) in [6.45, 7) is 2.66. The predicted molar refractivity (Wildman–Crippen MR) is 72.2 cm³/mol. The number of ketones is 1. The Bertz CT molecular complexity index is 404. The third-order valence-corrected chi connectivity index (χ3v) is 2.84. The molecule has 0 spiro atoms. The van der Waals surface area contributed by atoms with Gasteiger partial charge in [-0.3, -0.25) is 4.79 Å². The second-order valence-electron chi connectivity index (χ2n) is 4.38. The summed E-state index contributed by atoms with van der Waals surface area (Å²) in [6, 6.07) is 3.90. The van der Waals surface area contributed by atoms with Crippen LogP contribution in [-0.2, 0) is 4.74 Å². The summed E-state index contributed by atoms with van der Waals surface area (Å²) >= 11 is 0. The van der Waals surface area contributed by atoms with E-state index in [4.69, 9.17) is 9.47 Å². The molecule has 0 fully saturated rings. The van der Waals surface area contributed by atoms with Crippen LogP contribution >= 0.6 is 0 Å². The molecule has 0 saturated heterocycles. The molecule has 0 unspecified atom stereocenters. The Balaban J connectivity index is 2.43. The Kier molecular flexibility index (Phi) is 7.11. The van der Waals surface area contributed by atoms with Gasteiger partial charge in [0.1, 0.15) is 18.2 Å². The summed E-state index contributed by atoms with van der Waals surface area (Å²) in [7, 11) is 1.45. The highest BCUT2D eigenvalue weighted by Crippen LogP contribution is 2.19. The minimum Gasteiger partial charge on any atom is -0.496 e.